The Bertz CT molecular complexity index is 379. The largest absolute Gasteiger partial charge is 0.294 e. The van der Waals surface area contributed by atoms with Crippen LogP contribution in [0.4, 0.5) is 5.82 Å². The minimum atomic E-state index is 0.118. The maximum atomic E-state index is 11.9. The first-order valence-corrected chi connectivity index (χ1v) is 5.83. The predicted molar refractivity (Wildman–Crippen MR) is 66.0 cm³/mol. The van der Waals surface area contributed by atoms with Crippen LogP contribution in [0.15, 0.2) is 23.2 Å². The Morgan fingerprint density at radius 2 is 2.25 bits per heavy atom. The second kappa shape index (κ2) is 4.84. The maximum Gasteiger partial charge on any atom is 0.242 e. The van der Waals surface area contributed by atoms with Gasteiger partial charge < -0.3 is 0 Å². The summed E-state index contributed by atoms with van der Waals surface area (Å²) < 4.78 is 0. The summed E-state index contributed by atoms with van der Waals surface area (Å²) in [6.45, 7) is 5.10. The van der Waals surface area contributed by atoms with E-state index in [0.717, 1.165) is 23.8 Å². The number of carbonyl (C=O) groups is 1. The molecule has 1 aromatic rings. The standard InChI is InChI=1S/C11H15N3OS/c1-2-13-5-6-14(11(15)8-13)10-4-3-9(16)7-12-10/h3-4,7,16H,2,5-6,8H2,1H3. The van der Waals surface area contributed by atoms with E-state index in [1.54, 1.807) is 11.1 Å². The second-order valence-electron chi connectivity index (χ2n) is 3.79. The molecule has 0 aromatic carbocycles. The summed E-state index contributed by atoms with van der Waals surface area (Å²) in [5.74, 6) is 0.839. The molecule has 1 amide bonds. The average Bonchev–Trinajstić information content (AvgIpc) is 2.30. The van der Waals surface area contributed by atoms with Crippen LogP contribution in [0, 0.1) is 0 Å². The quantitative estimate of drug-likeness (QED) is 0.781. The molecule has 5 heteroatoms. The normalized spacial score (nSPS) is 17.9. The molecule has 0 atom stereocenters. The minimum absolute atomic E-state index is 0.118. The van der Waals surface area contributed by atoms with Crippen LogP contribution < -0.4 is 4.90 Å². The number of carbonyl (C=O) groups excluding carboxylic acids is 1. The molecule has 0 bridgehead atoms. The van der Waals surface area contributed by atoms with Crippen molar-refractivity contribution in [1.29, 1.82) is 0 Å². The van der Waals surface area contributed by atoms with Crippen molar-refractivity contribution < 1.29 is 4.79 Å². The number of piperazine rings is 1. The first-order valence-electron chi connectivity index (χ1n) is 5.38. The Balaban J connectivity index is 2.11. The fourth-order valence-electron chi connectivity index (χ4n) is 1.77. The van der Waals surface area contributed by atoms with Crippen molar-refractivity contribution in [3.05, 3.63) is 18.3 Å². The molecule has 1 aliphatic rings. The number of hydrogen-bond donors (Lipinski definition) is 1. The highest BCUT2D eigenvalue weighted by Gasteiger charge is 2.24. The number of aromatic nitrogens is 1. The van der Waals surface area contributed by atoms with Gasteiger partial charge in [0.25, 0.3) is 0 Å². The van der Waals surface area contributed by atoms with E-state index in [1.165, 1.54) is 0 Å². The van der Waals surface area contributed by atoms with Crippen molar-refractivity contribution in [2.24, 2.45) is 0 Å². The average molecular weight is 237 g/mol. The first-order chi connectivity index (χ1) is 7.70. The van der Waals surface area contributed by atoms with Crippen molar-refractivity contribution in [2.75, 3.05) is 31.1 Å². The van der Waals surface area contributed by atoms with Gasteiger partial charge in [0.1, 0.15) is 5.82 Å². The number of rotatable bonds is 2. The minimum Gasteiger partial charge on any atom is -0.294 e. The van der Waals surface area contributed by atoms with Crippen LogP contribution in [-0.4, -0.2) is 42.0 Å². The number of amides is 1. The molecule has 86 valence electrons. The lowest BCUT2D eigenvalue weighted by Gasteiger charge is -2.32. The van der Waals surface area contributed by atoms with Gasteiger partial charge in [0, 0.05) is 24.2 Å². The van der Waals surface area contributed by atoms with E-state index in [4.69, 9.17) is 0 Å². The van der Waals surface area contributed by atoms with Crippen LogP contribution >= 0.6 is 12.6 Å². The van der Waals surface area contributed by atoms with E-state index in [-0.39, 0.29) is 5.91 Å². The van der Waals surface area contributed by atoms with Crippen LogP contribution in [0.5, 0.6) is 0 Å². The van der Waals surface area contributed by atoms with E-state index < -0.39 is 0 Å². The number of likely N-dealkylation sites (N-methyl/N-ethyl adjacent to an activating group) is 1. The predicted octanol–water partition coefficient (Wildman–Crippen LogP) is 1.04. The van der Waals surface area contributed by atoms with Gasteiger partial charge in [0.15, 0.2) is 0 Å². The number of thiol groups is 1. The number of nitrogens with zero attached hydrogens (tertiary/aromatic N) is 3. The molecule has 1 aliphatic heterocycles. The van der Waals surface area contributed by atoms with Gasteiger partial charge in [-0.2, -0.15) is 0 Å². The van der Waals surface area contributed by atoms with E-state index >= 15 is 0 Å². The lowest BCUT2D eigenvalue weighted by atomic mass is 10.3. The molecule has 1 aromatic heterocycles. The molecule has 0 aliphatic carbocycles. The molecule has 2 heterocycles. The molecular weight excluding hydrogens is 222 g/mol. The smallest absolute Gasteiger partial charge is 0.242 e. The topological polar surface area (TPSA) is 36.4 Å². The molecule has 2 rings (SSSR count). The fraction of sp³-hybridized carbons (Fsp3) is 0.455. The van der Waals surface area contributed by atoms with E-state index in [9.17, 15) is 4.79 Å². The van der Waals surface area contributed by atoms with Gasteiger partial charge in [-0.05, 0) is 18.7 Å². The Hall–Kier alpha value is -1.07. The third kappa shape index (κ3) is 2.36. The molecule has 16 heavy (non-hydrogen) atoms. The summed E-state index contributed by atoms with van der Waals surface area (Å²) in [7, 11) is 0. The summed E-state index contributed by atoms with van der Waals surface area (Å²) in [6, 6.07) is 3.69. The molecule has 1 fully saturated rings. The number of pyridine rings is 1. The van der Waals surface area contributed by atoms with Crippen LogP contribution in [0.3, 0.4) is 0 Å². The second-order valence-corrected chi connectivity index (χ2v) is 4.31. The van der Waals surface area contributed by atoms with Crippen molar-refractivity contribution in [3.8, 4) is 0 Å². The van der Waals surface area contributed by atoms with Gasteiger partial charge in [-0.3, -0.25) is 14.6 Å². The third-order valence-corrected chi connectivity index (χ3v) is 3.02. The van der Waals surface area contributed by atoms with Gasteiger partial charge in [-0.1, -0.05) is 6.92 Å². The van der Waals surface area contributed by atoms with Crippen molar-refractivity contribution >= 4 is 24.4 Å². The summed E-state index contributed by atoms with van der Waals surface area (Å²) in [5.41, 5.74) is 0. The summed E-state index contributed by atoms with van der Waals surface area (Å²) in [4.78, 5) is 20.8. The zero-order valence-corrected chi connectivity index (χ0v) is 10.2. The lowest BCUT2D eigenvalue weighted by Crippen LogP contribution is -2.50. The van der Waals surface area contributed by atoms with E-state index in [2.05, 4.69) is 29.4 Å². The molecule has 0 N–H and O–H groups in total. The van der Waals surface area contributed by atoms with Crippen molar-refractivity contribution in [3.63, 3.8) is 0 Å². The molecule has 0 radical (unpaired) electrons. The van der Waals surface area contributed by atoms with Gasteiger partial charge in [-0.25, -0.2) is 4.98 Å². The first kappa shape index (κ1) is 11.4. The molecular formula is C11H15N3OS. The van der Waals surface area contributed by atoms with Gasteiger partial charge >= 0.3 is 0 Å². The molecule has 0 unspecified atom stereocenters. The van der Waals surface area contributed by atoms with E-state index in [1.807, 2.05) is 12.1 Å². The van der Waals surface area contributed by atoms with E-state index in [0.29, 0.717) is 13.1 Å². The molecule has 0 spiro atoms. The van der Waals surface area contributed by atoms with Crippen LogP contribution in [0.2, 0.25) is 0 Å². The highest BCUT2D eigenvalue weighted by Crippen LogP contribution is 2.15. The zero-order valence-electron chi connectivity index (χ0n) is 9.26. The van der Waals surface area contributed by atoms with Crippen LogP contribution in [-0.2, 0) is 4.79 Å². The maximum absolute atomic E-state index is 11.9. The lowest BCUT2D eigenvalue weighted by molar-refractivity contribution is -0.121. The number of anilines is 1. The highest BCUT2D eigenvalue weighted by molar-refractivity contribution is 7.80. The number of hydrogen-bond acceptors (Lipinski definition) is 4. The summed E-state index contributed by atoms with van der Waals surface area (Å²) >= 11 is 4.17. The van der Waals surface area contributed by atoms with Gasteiger partial charge in [0.05, 0.1) is 6.54 Å². The van der Waals surface area contributed by atoms with Crippen molar-refractivity contribution in [2.45, 2.75) is 11.8 Å². The van der Waals surface area contributed by atoms with Crippen LogP contribution in [0.25, 0.3) is 0 Å². The SMILES string of the molecule is CCN1CCN(c2ccc(S)cn2)C(=O)C1. The Morgan fingerprint density at radius 3 is 2.81 bits per heavy atom. The fourth-order valence-corrected chi connectivity index (χ4v) is 1.90. The van der Waals surface area contributed by atoms with Gasteiger partial charge in [0.2, 0.25) is 5.91 Å². The monoisotopic (exact) mass is 237 g/mol. The molecule has 1 saturated heterocycles. The Morgan fingerprint density at radius 1 is 1.44 bits per heavy atom. The summed E-state index contributed by atoms with van der Waals surface area (Å²) in [5, 5.41) is 0. The van der Waals surface area contributed by atoms with Crippen LogP contribution in [0.1, 0.15) is 6.92 Å². The Labute approximate surface area is 101 Å². The van der Waals surface area contributed by atoms with Crippen molar-refractivity contribution in [1.82, 2.24) is 9.88 Å². The highest BCUT2D eigenvalue weighted by atomic mass is 32.1. The molecule has 0 saturated carbocycles. The summed E-state index contributed by atoms with van der Waals surface area (Å²) in [6.07, 6.45) is 1.66. The zero-order chi connectivity index (χ0) is 11.5. The third-order valence-electron chi connectivity index (χ3n) is 2.76. The molecule has 4 nitrogen and oxygen atoms in total. The van der Waals surface area contributed by atoms with Gasteiger partial charge in [-0.15, -0.1) is 12.6 Å². The Kier molecular flexibility index (Phi) is 3.46.